The number of imidazole rings is 1. The molecule has 0 atom stereocenters. The summed E-state index contributed by atoms with van der Waals surface area (Å²) in [5.74, 6) is -0.765. The largest absolute Gasteiger partial charge is 0.479 e. The van der Waals surface area contributed by atoms with E-state index in [1.54, 1.807) is 18.9 Å². The number of carboxylic acid groups (broad SMARTS) is 1. The number of sulfonamides is 1. The van der Waals surface area contributed by atoms with Gasteiger partial charge in [0.15, 0.2) is 11.6 Å². The van der Waals surface area contributed by atoms with Gasteiger partial charge in [0.2, 0.25) is 0 Å². The molecule has 9 heteroatoms. The first-order chi connectivity index (χ1) is 7.33. The van der Waals surface area contributed by atoms with E-state index >= 15 is 0 Å². The standard InChI is InChI=1S/C7H11N3O5S/c1-5-8-6(3-10(5)2)16(13,14)9-15-4-7(11)12/h3,9H,4H2,1-2H3,(H,11,12). The summed E-state index contributed by atoms with van der Waals surface area (Å²) < 4.78 is 24.5. The molecule has 0 unspecified atom stereocenters. The van der Waals surface area contributed by atoms with Crippen LogP contribution in [0.25, 0.3) is 0 Å². The van der Waals surface area contributed by atoms with Crippen molar-refractivity contribution in [3.05, 3.63) is 12.0 Å². The van der Waals surface area contributed by atoms with Crippen molar-refractivity contribution in [2.45, 2.75) is 11.9 Å². The lowest BCUT2D eigenvalue weighted by Gasteiger charge is -2.01. The third kappa shape index (κ3) is 3.02. The van der Waals surface area contributed by atoms with E-state index in [2.05, 4.69) is 9.82 Å². The van der Waals surface area contributed by atoms with E-state index in [9.17, 15) is 13.2 Å². The first-order valence-electron chi connectivity index (χ1n) is 4.18. The van der Waals surface area contributed by atoms with E-state index in [-0.39, 0.29) is 5.03 Å². The highest BCUT2D eigenvalue weighted by atomic mass is 32.2. The number of aryl methyl sites for hydroxylation is 2. The molecule has 0 amide bonds. The minimum Gasteiger partial charge on any atom is -0.479 e. The Morgan fingerprint density at radius 1 is 1.69 bits per heavy atom. The molecule has 90 valence electrons. The fourth-order valence-electron chi connectivity index (χ4n) is 0.867. The molecule has 0 aliphatic rings. The second kappa shape index (κ2) is 4.60. The molecule has 1 aromatic heterocycles. The molecule has 0 radical (unpaired) electrons. The Kier molecular flexibility index (Phi) is 3.62. The van der Waals surface area contributed by atoms with Crippen molar-refractivity contribution < 1.29 is 23.2 Å². The van der Waals surface area contributed by atoms with Gasteiger partial charge in [-0.2, -0.15) is 0 Å². The predicted molar refractivity (Wildman–Crippen MR) is 51.9 cm³/mol. The zero-order valence-corrected chi connectivity index (χ0v) is 9.48. The second-order valence-corrected chi connectivity index (χ2v) is 4.60. The van der Waals surface area contributed by atoms with Gasteiger partial charge in [0.05, 0.1) is 0 Å². The Hall–Kier alpha value is -1.45. The van der Waals surface area contributed by atoms with Gasteiger partial charge < -0.3 is 9.67 Å². The molecule has 1 heterocycles. The molecule has 1 aromatic rings. The van der Waals surface area contributed by atoms with Gasteiger partial charge in [0, 0.05) is 13.2 Å². The number of hydrogen-bond donors (Lipinski definition) is 2. The molecule has 0 aliphatic carbocycles. The van der Waals surface area contributed by atoms with Gasteiger partial charge in [-0.3, -0.25) is 4.84 Å². The van der Waals surface area contributed by atoms with Crippen LogP contribution < -0.4 is 4.89 Å². The van der Waals surface area contributed by atoms with Crippen molar-refractivity contribution in [3.63, 3.8) is 0 Å². The summed E-state index contributed by atoms with van der Waals surface area (Å²) in [6.45, 7) is 0.877. The van der Waals surface area contributed by atoms with Crippen LogP contribution in [-0.2, 0) is 26.7 Å². The molecule has 0 bridgehead atoms. The molecule has 1 rings (SSSR count). The normalized spacial score (nSPS) is 11.6. The van der Waals surface area contributed by atoms with Gasteiger partial charge in [0.1, 0.15) is 5.82 Å². The lowest BCUT2D eigenvalue weighted by atomic mass is 10.7. The number of aromatic nitrogens is 2. The van der Waals surface area contributed by atoms with Crippen molar-refractivity contribution in [1.29, 1.82) is 0 Å². The van der Waals surface area contributed by atoms with E-state index in [4.69, 9.17) is 5.11 Å². The van der Waals surface area contributed by atoms with Gasteiger partial charge in [-0.1, -0.05) is 4.89 Å². The van der Waals surface area contributed by atoms with E-state index < -0.39 is 22.6 Å². The van der Waals surface area contributed by atoms with Crippen LogP contribution in [-0.4, -0.2) is 35.7 Å². The summed E-state index contributed by atoms with van der Waals surface area (Å²) in [5, 5.41) is 8.03. The number of rotatable bonds is 5. The molecule has 0 aromatic carbocycles. The Morgan fingerprint density at radius 3 is 2.75 bits per heavy atom. The molecular weight excluding hydrogens is 238 g/mol. The Labute approximate surface area is 91.9 Å². The Bertz CT molecular complexity index is 473. The summed E-state index contributed by atoms with van der Waals surface area (Å²) in [5.41, 5.74) is 0. The van der Waals surface area contributed by atoms with E-state index in [1.807, 2.05) is 0 Å². The van der Waals surface area contributed by atoms with Crippen LogP contribution in [0.15, 0.2) is 11.2 Å². The fourth-order valence-corrected chi connectivity index (χ4v) is 1.72. The molecule has 16 heavy (non-hydrogen) atoms. The molecule has 0 saturated heterocycles. The first kappa shape index (κ1) is 12.6. The number of carboxylic acids is 1. The van der Waals surface area contributed by atoms with Gasteiger partial charge in [-0.15, -0.1) is 0 Å². The van der Waals surface area contributed by atoms with Crippen molar-refractivity contribution >= 4 is 16.0 Å². The van der Waals surface area contributed by atoms with Crippen LogP contribution in [0.3, 0.4) is 0 Å². The SMILES string of the molecule is Cc1nc(S(=O)(=O)NOCC(=O)O)cn1C. The quantitative estimate of drug-likeness (QED) is 0.649. The van der Waals surface area contributed by atoms with Gasteiger partial charge >= 0.3 is 5.97 Å². The van der Waals surface area contributed by atoms with E-state index in [0.29, 0.717) is 5.82 Å². The van der Waals surface area contributed by atoms with Crippen LogP contribution in [0.2, 0.25) is 0 Å². The highest BCUT2D eigenvalue weighted by molar-refractivity contribution is 7.89. The molecule has 8 nitrogen and oxygen atoms in total. The molecule has 0 fully saturated rings. The number of aliphatic carboxylic acids is 1. The van der Waals surface area contributed by atoms with E-state index in [1.165, 1.54) is 10.8 Å². The maximum absolute atomic E-state index is 11.5. The van der Waals surface area contributed by atoms with Crippen LogP contribution in [0.1, 0.15) is 5.82 Å². The minimum atomic E-state index is -3.93. The molecular formula is C7H11N3O5S. The van der Waals surface area contributed by atoms with Crippen LogP contribution in [0.4, 0.5) is 0 Å². The van der Waals surface area contributed by atoms with Gasteiger partial charge in [-0.05, 0) is 6.92 Å². The van der Waals surface area contributed by atoms with Crippen molar-refractivity contribution in [2.24, 2.45) is 7.05 Å². The van der Waals surface area contributed by atoms with Crippen molar-refractivity contribution in [2.75, 3.05) is 6.61 Å². The highest BCUT2D eigenvalue weighted by Gasteiger charge is 2.18. The van der Waals surface area contributed by atoms with Gasteiger partial charge in [-0.25, -0.2) is 18.2 Å². The third-order valence-electron chi connectivity index (χ3n) is 1.73. The summed E-state index contributed by atoms with van der Waals surface area (Å²) in [7, 11) is -2.29. The third-order valence-corrected chi connectivity index (χ3v) is 2.81. The Morgan fingerprint density at radius 2 is 2.31 bits per heavy atom. The average molecular weight is 249 g/mol. The van der Waals surface area contributed by atoms with Crippen LogP contribution >= 0.6 is 0 Å². The van der Waals surface area contributed by atoms with Crippen LogP contribution in [0.5, 0.6) is 0 Å². The number of hydrogen-bond acceptors (Lipinski definition) is 5. The molecule has 0 aliphatic heterocycles. The number of nitrogens with zero attached hydrogens (tertiary/aromatic N) is 2. The zero-order chi connectivity index (χ0) is 12.3. The predicted octanol–water partition coefficient (Wildman–Crippen LogP) is -0.977. The maximum Gasteiger partial charge on any atom is 0.331 e. The van der Waals surface area contributed by atoms with E-state index in [0.717, 1.165) is 0 Å². The monoisotopic (exact) mass is 249 g/mol. The number of nitrogens with one attached hydrogen (secondary N) is 1. The smallest absolute Gasteiger partial charge is 0.331 e. The number of carbonyl (C=O) groups is 1. The summed E-state index contributed by atoms with van der Waals surface area (Å²) in [6.07, 6.45) is 1.29. The van der Waals surface area contributed by atoms with Gasteiger partial charge in [0.25, 0.3) is 10.0 Å². The summed E-state index contributed by atoms with van der Waals surface area (Å²) >= 11 is 0. The highest BCUT2D eigenvalue weighted by Crippen LogP contribution is 2.06. The lowest BCUT2D eigenvalue weighted by Crippen LogP contribution is -2.27. The second-order valence-electron chi connectivity index (χ2n) is 3.01. The summed E-state index contributed by atoms with van der Waals surface area (Å²) in [6, 6.07) is 0. The lowest BCUT2D eigenvalue weighted by molar-refractivity contribution is -0.143. The van der Waals surface area contributed by atoms with Crippen molar-refractivity contribution in [3.8, 4) is 0 Å². The molecule has 0 spiro atoms. The molecule has 0 saturated carbocycles. The minimum absolute atomic E-state index is 0.224. The topological polar surface area (TPSA) is 111 Å². The molecule has 2 N–H and O–H groups in total. The average Bonchev–Trinajstić information content (AvgIpc) is 2.46. The first-order valence-corrected chi connectivity index (χ1v) is 5.66. The van der Waals surface area contributed by atoms with Crippen molar-refractivity contribution in [1.82, 2.24) is 14.4 Å². The fraction of sp³-hybridized carbons (Fsp3) is 0.429. The zero-order valence-electron chi connectivity index (χ0n) is 8.67. The van der Waals surface area contributed by atoms with Crippen LogP contribution in [0, 0.1) is 6.92 Å². The Balaban J connectivity index is 2.74. The maximum atomic E-state index is 11.5. The summed E-state index contributed by atoms with van der Waals surface area (Å²) in [4.78, 5) is 19.8.